The van der Waals surface area contributed by atoms with E-state index in [1.165, 1.54) is 0 Å². The van der Waals surface area contributed by atoms with Crippen molar-refractivity contribution in [2.24, 2.45) is 10.7 Å². The van der Waals surface area contributed by atoms with E-state index < -0.39 is 5.91 Å². The Hall–Kier alpha value is -2.49. The van der Waals surface area contributed by atoms with Gasteiger partial charge in [-0.25, -0.2) is 4.99 Å². The fraction of sp³-hybridized carbons (Fsp3) is 0.364. The Kier molecular flexibility index (Phi) is 9.22. The lowest BCUT2D eigenvalue weighted by atomic mass is 10.1. The molecule has 1 amide bonds. The summed E-state index contributed by atoms with van der Waals surface area (Å²) in [6, 6.07) is 15.6. The van der Waals surface area contributed by atoms with Crippen LogP contribution < -0.4 is 26.0 Å². The lowest BCUT2D eigenvalue weighted by Crippen LogP contribution is -2.44. The van der Waals surface area contributed by atoms with Crippen LogP contribution in [0.5, 0.6) is 5.75 Å². The van der Waals surface area contributed by atoms with Crippen molar-refractivity contribution in [3.8, 4) is 5.75 Å². The number of nitrogens with zero attached hydrogens (tertiary/aromatic N) is 2. The first-order chi connectivity index (χ1) is 14.1. The Morgan fingerprint density at radius 3 is 2.63 bits per heavy atom. The van der Waals surface area contributed by atoms with Crippen molar-refractivity contribution >= 4 is 41.5 Å². The Balaban J connectivity index is 0.00000320. The van der Waals surface area contributed by atoms with Gasteiger partial charge in [0, 0.05) is 31.2 Å². The number of ether oxygens (including phenoxy) is 1. The average molecular weight is 523 g/mol. The number of guanidine groups is 1. The number of nitrogens with two attached hydrogens (primary N) is 1. The van der Waals surface area contributed by atoms with Gasteiger partial charge < -0.3 is 26.0 Å². The molecule has 0 radical (unpaired) electrons. The maximum Gasteiger partial charge on any atom is 0.248 e. The van der Waals surface area contributed by atoms with Crippen molar-refractivity contribution in [1.29, 1.82) is 0 Å². The maximum absolute atomic E-state index is 11.2. The van der Waals surface area contributed by atoms with Crippen LogP contribution in [-0.2, 0) is 6.54 Å². The number of methoxy groups -OCH3 is 1. The summed E-state index contributed by atoms with van der Waals surface area (Å²) in [7, 11) is 1.70. The standard InChI is InChI=1S/C22H29N5O2.HI/c1-3-24-22(25-14-16-8-10-17(11-9-16)21(23)28)26-18-12-13-27(15-18)19-6-4-5-7-20(19)29-2;/h4-11,18H,3,12-15H2,1-2H3,(H2,23,28)(H2,24,25,26);1H. The third-order valence-corrected chi connectivity index (χ3v) is 4.96. The molecular formula is C22H30IN5O2. The Morgan fingerprint density at radius 2 is 1.97 bits per heavy atom. The molecule has 1 fully saturated rings. The van der Waals surface area contributed by atoms with Crippen LogP contribution in [0.3, 0.4) is 0 Å². The van der Waals surface area contributed by atoms with E-state index in [1.54, 1.807) is 19.2 Å². The van der Waals surface area contributed by atoms with E-state index in [0.717, 1.165) is 49.0 Å². The number of primary amides is 1. The lowest BCUT2D eigenvalue weighted by Gasteiger charge is -2.22. The normalized spacial score (nSPS) is 16.0. The number of para-hydroxylation sites is 2. The summed E-state index contributed by atoms with van der Waals surface area (Å²) in [6.45, 7) is 5.21. The van der Waals surface area contributed by atoms with Gasteiger partial charge in [0.15, 0.2) is 5.96 Å². The van der Waals surface area contributed by atoms with Crippen molar-refractivity contribution in [3.05, 3.63) is 59.7 Å². The van der Waals surface area contributed by atoms with Gasteiger partial charge in [0.25, 0.3) is 0 Å². The summed E-state index contributed by atoms with van der Waals surface area (Å²) in [5.41, 5.74) is 7.94. The van der Waals surface area contributed by atoms with Gasteiger partial charge in [-0.05, 0) is 43.2 Å². The molecule has 2 aromatic carbocycles. The monoisotopic (exact) mass is 523 g/mol. The van der Waals surface area contributed by atoms with Crippen LogP contribution in [0, 0.1) is 0 Å². The van der Waals surface area contributed by atoms with E-state index in [0.29, 0.717) is 18.2 Å². The summed E-state index contributed by atoms with van der Waals surface area (Å²) >= 11 is 0. The summed E-state index contributed by atoms with van der Waals surface area (Å²) in [6.07, 6.45) is 1.02. The molecule has 0 saturated carbocycles. The molecule has 0 aliphatic carbocycles. The summed E-state index contributed by atoms with van der Waals surface area (Å²) < 4.78 is 5.50. The molecule has 162 valence electrons. The van der Waals surface area contributed by atoms with Gasteiger partial charge >= 0.3 is 0 Å². The summed E-state index contributed by atoms with van der Waals surface area (Å²) in [4.78, 5) is 18.2. The van der Waals surface area contributed by atoms with Gasteiger partial charge in [-0.3, -0.25) is 4.79 Å². The topological polar surface area (TPSA) is 92.0 Å². The second-order valence-electron chi connectivity index (χ2n) is 7.00. The fourth-order valence-electron chi connectivity index (χ4n) is 3.45. The number of rotatable bonds is 7. The zero-order valence-corrected chi connectivity index (χ0v) is 19.8. The first kappa shape index (κ1) is 23.8. The minimum atomic E-state index is -0.420. The highest BCUT2D eigenvalue weighted by atomic mass is 127. The molecule has 1 aliphatic heterocycles. The first-order valence-electron chi connectivity index (χ1n) is 9.92. The van der Waals surface area contributed by atoms with E-state index in [-0.39, 0.29) is 24.0 Å². The Bertz CT molecular complexity index is 857. The van der Waals surface area contributed by atoms with E-state index >= 15 is 0 Å². The third-order valence-electron chi connectivity index (χ3n) is 4.96. The van der Waals surface area contributed by atoms with Gasteiger partial charge in [-0.1, -0.05) is 24.3 Å². The number of nitrogens with one attached hydrogen (secondary N) is 2. The van der Waals surface area contributed by atoms with E-state index in [4.69, 9.17) is 10.5 Å². The van der Waals surface area contributed by atoms with Gasteiger partial charge in [0.1, 0.15) is 5.75 Å². The Labute approximate surface area is 195 Å². The Morgan fingerprint density at radius 1 is 1.23 bits per heavy atom. The maximum atomic E-state index is 11.2. The van der Waals surface area contributed by atoms with Gasteiger partial charge in [0.2, 0.25) is 5.91 Å². The van der Waals surface area contributed by atoms with Crippen LogP contribution in [-0.4, -0.2) is 44.7 Å². The second kappa shape index (κ2) is 11.6. The average Bonchev–Trinajstić information content (AvgIpc) is 3.20. The van der Waals surface area contributed by atoms with Crippen LogP contribution in [0.2, 0.25) is 0 Å². The number of anilines is 1. The SMILES string of the molecule is CCNC(=NCc1ccc(C(N)=O)cc1)NC1CCN(c2ccccc2OC)C1.I. The van der Waals surface area contributed by atoms with Gasteiger partial charge in [0.05, 0.1) is 19.3 Å². The second-order valence-corrected chi connectivity index (χ2v) is 7.00. The predicted octanol–water partition coefficient (Wildman–Crippen LogP) is 2.75. The number of hydrogen-bond donors (Lipinski definition) is 3. The summed E-state index contributed by atoms with van der Waals surface area (Å²) in [5.74, 6) is 1.27. The highest BCUT2D eigenvalue weighted by molar-refractivity contribution is 14.0. The van der Waals surface area contributed by atoms with Crippen molar-refractivity contribution in [2.45, 2.75) is 25.9 Å². The third kappa shape index (κ3) is 6.25. The molecule has 1 unspecified atom stereocenters. The van der Waals surface area contributed by atoms with Crippen molar-refractivity contribution in [3.63, 3.8) is 0 Å². The van der Waals surface area contributed by atoms with Crippen LogP contribution in [0.4, 0.5) is 5.69 Å². The smallest absolute Gasteiger partial charge is 0.248 e. The van der Waals surface area contributed by atoms with Crippen LogP contribution in [0.1, 0.15) is 29.3 Å². The number of carbonyl (C=O) groups is 1. The quantitative estimate of drug-likeness (QED) is 0.295. The fourth-order valence-corrected chi connectivity index (χ4v) is 3.45. The van der Waals surface area contributed by atoms with Crippen molar-refractivity contribution < 1.29 is 9.53 Å². The van der Waals surface area contributed by atoms with E-state index in [9.17, 15) is 4.79 Å². The molecule has 30 heavy (non-hydrogen) atoms. The number of aliphatic imine (C=N–C) groups is 1. The molecule has 2 aromatic rings. The molecule has 8 heteroatoms. The van der Waals surface area contributed by atoms with Crippen molar-refractivity contribution in [2.75, 3.05) is 31.6 Å². The number of hydrogen-bond acceptors (Lipinski definition) is 4. The highest BCUT2D eigenvalue weighted by Crippen LogP contribution is 2.30. The summed E-state index contributed by atoms with van der Waals surface area (Å²) in [5, 5.41) is 6.84. The number of carbonyl (C=O) groups excluding carboxylic acids is 1. The molecule has 0 bridgehead atoms. The first-order valence-corrected chi connectivity index (χ1v) is 9.92. The zero-order chi connectivity index (χ0) is 20.6. The van der Waals surface area contributed by atoms with Crippen molar-refractivity contribution in [1.82, 2.24) is 10.6 Å². The number of benzene rings is 2. The highest BCUT2D eigenvalue weighted by Gasteiger charge is 2.25. The largest absolute Gasteiger partial charge is 0.495 e. The molecule has 3 rings (SSSR count). The minimum Gasteiger partial charge on any atom is -0.495 e. The van der Waals surface area contributed by atoms with E-state index in [2.05, 4.69) is 33.5 Å². The van der Waals surface area contributed by atoms with Crippen LogP contribution in [0.25, 0.3) is 0 Å². The van der Waals surface area contributed by atoms with Gasteiger partial charge in [-0.15, -0.1) is 24.0 Å². The molecule has 4 N–H and O–H groups in total. The number of halogens is 1. The lowest BCUT2D eigenvalue weighted by molar-refractivity contribution is 0.100. The molecule has 1 aliphatic rings. The number of amides is 1. The van der Waals surface area contributed by atoms with Crippen LogP contribution in [0.15, 0.2) is 53.5 Å². The molecule has 0 aromatic heterocycles. The molecular weight excluding hydrogens is 493 g/mol. The molecule has 1 heterocycles. The predicted molar refractivity (Wildman–Crippen MR) is 132 cm³/mol. The minimum absolute atomic E-state index is 0. The molecule has 1 atom stereocenters. The van der Waals surface area contributed by atoms with Crippen LogP contribution >= 0.6 is 24.0 Å². The zero-order valence-electron chi connectivity index (χ0n) is 17.4. The molecule has 1 saturated heterocycles. The van der Waals surface area contributed by atoms with E-state index in [1.807, 2.05) is 30.3 Å². The molecule has 0 spiro atoms. The van der Waals surface area contributed by atoms with Gasteiger partial charge in [-0.2, -0.15) is 0 Å². The molecule has 7 nitrogen and oxygen atoms in total.